The predicted molar refractivity (Wildman–Crippen MR) is 64.0 cm³/mol. The maximum Gasteiger partial charge on any atom is 0.106 e. The van der Waals surface area contributed by atoms with Gasteiger partial charge < -0.3 is 10.2 Å². The lowest BCUT2D eigenvalue weighted by Crippen LogP contribution is -2.34. The van der Waals surface area contributed by atoms with Crippen molar-refractivity contribution in [1.29, 1.82) is 0 Å². The van der Waals surface area contributed by atoms with E-state index in [2.05, 4.69) is 22.2 Å². The number of rotatable bonds is 4. The Bertz CT molecular complexity index is 265. The lowest BCUT2D eigenvalue weighted by Gasteiger charge is -2.28. The fraction of sp³-hybridized carbons (Fsp3) is 0.727. The van der Waals surface area contributed by atoms with Gasteiger partial charge >= 0.3 is 0 Å². The van der Waals surface area contributed by atoms with Gasteiger partial charge in [0.05, 0.1) is 0 Å². The Kier molecular flexibility index (Phi) is 4.11. The summed E-state index contributed by atoms with van der Waals surface area (Å²) in [5.41, 5.74) is 0. The molecule has 4 heteroatoms. The molecule has 84 valence electrons. The summed E-state index contributed by atoms with van der Waals surface area (Å²) in [4.78, 5) is 6.67. The summed E-state index contributed by atoms with van der Waals surface area (Å²) in [6.45, 7) is 4.59. The van der Waals surface area contributed by atoms with E-state index in [9.17, 15) is 0 Å². The summed E-state index contributed by atoms with van der Waals surface area (Å²) in [6, 6.07) is 0. The smallest absolute Gasteiger partial charge is 0.106 e. The van der Waals surface area contributed by atoms with Crippen LogP contribution in [0.1, 0.15) is 17.8 Å². The topological polar surface area (TPSA) is 28.2 Å². The molecule has 0 amide bonds. The fourth-order valence-electron chi connectivity index (χ4n) is 1.99. The van der Waals surface area contributed by atoms with Crippen molar-refractivity contribution in [2.45, 2.75) is 19.4 Å². The molecule has 0 unspecified atom stereocenters. The highest BCUT2D eigenvalue weighted by molar-refractivity contribution is 7.09. The largest absolute Gasteiger partial charge is 0.310 e. The van der Waals surface area contributed by atoms with E-state index < -0.39 is 0 Å². The molecule has 0 aromatic carbocycles. The van der Waals surface area contributed by atoms with Crippen LogP contribution >= 0.6 is 11.3 Å². The van der Waals surface area contributed by atoms with Crippen molar-refractivity contribution in [3.05, 3.63) is 16.6 Å². The van der Waals surface area contributed by atoms with Gasteiger partial charge in [-0.25, -0.2) is 4.98 Å². The third-order valence-corrected chi connectivity index (χ3v) is 3.81. The monoisotopic (exact) mass is 225 g/mol. The Morgan fingerprint density at radius 3 is 3.00 bits per heavy atom. The second-order valence-corrected chi connectivity index (χ2v) is 5.28. The molecule has 1 aromatic heterocycles. The van der Waals surface area contributed by atoms with Crippen molar-refractivity contribution >= 4 is 11.3 Å². The molecule has 2 rings (SSSR count). The molecule has 0 atom stereocenters. The van der Waals surface area contributed by atoms with Crippen molar-refractivity contribution in [2.75, 3.05) is 26.7 Å². The Morgan fingerprint density at radius 1 is 1.53 bits per heavy atom. The van der Waals surface area contributed by atoms with Crippen molar-refractivity contribution in [3.63, 3.8) is 0 Å². The van der Waals surface area contributed by atoms with Crippen molar-refractivity contribution in [3.8, 4) is 0 Å². The SMILES string of the molecule is CN1CCC(CNCc2nccs2)CC1. The molecule has 1 saturated heterocycles. The minimum atomic E-state index is 0.862. The number of hydrogen-bond acceptors (Lipinski definition) is 4. The Balaban J connectivity index is 1.62. The third-order valence-electron chi connectivity index (χ3n) is 3.03. The van der Waals surface area contributed by atoms with Crippen LogP contribution in [-0.2, 0) is 6.54 Å². The summed E-state index contributed by atoms with van der Waals surface area (Å²) in [5.74, 6) is 0.862. The molecule has 0 aliphatic carbocycles. The van der Waals surface area contributed by atoms with Crippen LogP contribution in [0.4, 0.5) is 0 Å². The number of nitrogens with one attached hydrogen (secondary N) is 1. The van der Waals surface area contributed by atoms with E-state index in [1.165, 1.54) is 30.9 Å². The molecule has 1 aliphatic heterocycles. The van der Waals surface area contributed by atoms with Gasteiger partial charge in [-0.1, -0.05) is 0 Å². The van der Waals surface area contributed by atoms with E-state index in [0.717, 1.165) is 19.0 Å². The lowest BCUT2D eigenvalue weighted by molar-refractivity contribution is 0.216. The molecule has 1 aliphatic rings. The van der Waals surface area contributed by atoms with Gasteiger partial charge in [-0.15, -0.1) is 11.3 Å². The summed E-state index contributed by atoms with van der Waals surface area (Å²) < 4.78 is 0. The van der Waals surface area contributed by atoms with Gasteiger partial charge in [0.1, 0.15) is 5.01 Å². The molecular formula is C11H19N3S. The number of likely N-dealkylation sites (tertiary alicyclic amines) is 1. The average molecular weight is 225 g/mol. The van der Waals surface area contributed by atoms with Crippen LogP contribution in [0.2, 0.25) is 0 Å². The molecule has 1 aromatic rings. The standard InChI is InChI=1S/C11H19N3S/c1-14-5-2-10(3-6-14)8-12-9-11-13-4-7-15-11/h4,7,10,12H,2-3,5-6,8-9H2,1H3. The molecule has 0 saturated carbocycles. The number of thiazole rings is 1. The highest BCUT2D eigenvalue weighted by Gasteiger charge is 2.15. The molecule has 1 fully saturated rings. The van der Waals surface area contributed by atoms with Crippen LogP contribution < -0.4 is 5.32 Å². The van der Waals surface area contributed by atoms with Crippen LogP contribution in [0.3, 0.4) is 0 Å². The third kappa shape index (κ3) is 3.55. The molecule has 0 radical (unpaired) electrons. The van der Waals surface area contributed by atoms with Crippen molar-refractivity contribution in [1.82, 2.24) is 15.2 Å². The first-order valence-electron chi connectivity index (χ1n) is 5.62. The molecule has 0 bridgehead atoms. The number of aromatic nitrogens is 1. The van der Waals surface area contributed by atoms with Gasteiger partial charge in [0, 0.05) is 18.1 Å². The van der Waals surface area contributed by atoms with Crippen LogP contribution in [0.5, 0.6) is 0 Å². The van der Waals surface area contributed by atoms with E-state index in [1.54, 1.807) is 11.3 Å². The van der Waals surface area contributed by atoms with E-state index >= 15 is 0 Å². The quantitative estimate of drug-likeness (QED) is 0.843. The van der Waals surface area contributed by atoms with Gasteiger partial charge in [-0.05, 0) is 45.4 Å². The van der Waals surface area contributed by atoms with Gasteiger partial charge in [-0.3, -0.25) is 0 Å². The van der Waals surface area contributed by atoms with E-state index in [-0.39, 0.29) is 0 Å². The number of piperidine rings is 1. The second kappa shape index (κ2) is 5.58. The van der Waals surface area contributed by atoms with Crippen LogP contribution in [0.25, 0.3) is 0 Å². The summed E-state index contributed by atoms with van der Waals surface area (Å²) in [6.07, 6.45) is 4.54. The molecule has 15 heavy (non-hydrogen) atoms. The van der Waals surface area contributed by atoms with E-state index in [0.29, 0.717) is 0 Å². The molecule has 0 spiro atoms. The Labute approximate surface area is 95.5 Å². The van der Waals surface area contributed by atoms with Crippen molar-refractivity contribution in [2.24, 2.45) is 5.92 Å². The summed E-state index contributed by atoms with van der Waals surface area (Å²) in [5, 5.41) is 6.73. The van der Waals surface area contributed by atoms with Crippen molar-refractivity contribution < 1.29 is 0 Å². The minimum Gasteiger partial charge on any atom is -0.310 e. The first-order valence-corrected chi connectivity index (χ1v) is 6.50. The van der Waals surface area contributed by atoms with E-state index in [1.807, 2.05) is 11.6 Å². The predicted octanol–water partition coefficient (Wildman–Crippen LogP) is 1.57. The Morgan fingerprint density at radius 2 is 2.33 bits per heavy atom. The number of nitrogens with zero attached hydrogens (tertiary/aromatic N) is 2. The zero-order chi connectivity index (χ0) is 10.5. The minimum absolute atomic E-state index is 0.862. The van der Waals surface area contributed by atoms with Crippen LogP contribution in [0.15, 0.2) is 11.6 Å². The highest BCUT2D eigenvalue weighted by atomic mass is 32.1. The average Bonchev–Trinajstić information content (AvgIpc) is 2.74. The van der Waals surface area contributed by atoms with Gasteiger partial charge in [0.15, 0.2) is 0 Å². The first-order chi connectivity index (χ1) is 7.34. The lowest BCUT2D eigenvalue weighted by atomic mass is 9.97. The molecule has 1 N–H and O–H groups in total. The van der Waals surface area contributed by atoms with Crippen LogP contribution in [0, 0.1) is 5.92 Å². The maximum atomic E-state index is 4.26. The molecule has 3 nitrogen and oxygen atoms in total. The number of hydrogen-bond donors (Lipinski definition) is 1. The zero-order valence-corrected chi connectivity index (χ0v) is 10.1. The van der Waals surface area contributed by atoms with E-state index in [4.69, 9.17) is 0 Å². The summed E-state index contributed by atoms with van der Waals surface area (Å²) >= 11 is 1.73. The summed E-state index contributed by atoms with van der Waals surface area (Å²) in [7, 11) is 2.21. The maximum absolute atomic E-state index is 4.26. The fourth-order valence-corrected chi connectivity index (χ4v) is 2.58. The van der Waals surface area contributed by atoms with Gasteiger partial charge in [-0.2, -0.15) is 0 Å². The van der Waals surface area contributed by atoms with Crippen LogP contribution in [-0.4, -0.2) is 36.6 Å². The zero-order valence-electron chi connectivity index (χ0n) is 9.28. The Hall–Kier alpha value is -0.450. The second-order valence-electron chi connectivity index (χ2n) is 4.30. The first kappa shape index (κ1) is 11.0. The molecular weight excluding hydrogens is 206 g/mol. The normalized spacial score (nSPS) is 19.5. The highest BCUT2D eigenvalue weighted by Crippen LogP contribution is 2.15. The molecule has 2 heterocycles. The van der Waals surface area contributed by atoms with Gasteiger partial charge in [0.2, 0.25) is 0 Å². The van der Waals surface area contributed by atoms with Gasteiger partial charge in [0.25, 0.3) is 0 Å².